The Morgan fingerprint density at radius 2 is 2.13 bits per heavy atom. The molecule has 0 aromatic heterocycles. The number of methoxy groups -OCH3 is 1. The van der Waals surface area contributed by atoms with Crippen LogP contribution in [0.2, 0.25) is 0 Å². The Morgan fingerprint density at radius 3 is 2.78 bits per heavy atom. The van der Waals surface area contributed by atoms with Crippen molar-refractivity contribution >= 4 is 5.91 Å². The van der Waals surface area contributed by atoms with Gasteiger partial charge in [0.15, 0.2) is 11.5 Å². The van der Waals surface area contributed by atoms with Gasteiger partial charge in [-0.15, -0.1) is 0 Å². The average molecular weight is 319 g/mol. The van der Waals surface area contributed by atoms with E-state index < -0.39 is 0 Å². The summed E-state index contributed by atoms with van der Waals surface area (Å²) in [5.41, 5.74) is 1.04. The maximum absolute atomic E-state index is 11.2. The maximum atomic E-state index is 11.2. The lowest BCUT2D eigenvalue weighted by Gasteiger charge is -2.14. The molecule has 0 spiro atoms. The Bertz CT molecular complexity index is 538. The molecule has 1 N–H and O–H groups in total. The first-order valence-corrected chi connectivity index (χ1v) is 7.65. The monoisotopic (exact) mass is 319 g/mol. The summed E-state index contributed by atoms with van der Waals surface area (Å²) in [6, 6.07) is 7.58. The fraction of sp³-hybridized carbons (Fsp3) is 0.529. The number of nitriles is 1. The SMILES string of the molecule is COc1cc(CCNC(=O)CC#N)ccc1OCCCN(C)C. The van der Waals surface area contributed by atoms with Crippen molar-refractivity contribution < 1.29 is 14.3 Å². The lowest BCUT2D eigenvalue weighted by molar-refractivity contribution is -0.120. The van der Waals surface area contributed by atoms with Crippen molar-refractivity contribution in [2.45, 2.75) is 19.3 Å². The summed E-state index contributed by atoms with van der Waals surface area (Å²) >= 11 is 0. The molecule has 0 radical (unpaired) electrons. The number of rotatable bonds is 10. The molecule has 0 atom stereocenters. The van der Waals surface area contributed by atoms with Gasteiger partial charge >= 0.3 is 0 Å². The Hall–Kier alpha value is -2.26. The first-order chi connectivity index (χ1) is 11.1. The fourth-order valence-electron chi connectivity index (χ4n) is 2.03. The number of carbonyl (C=O) groups excluding carboxylic acids is 1. The number of carbonyl (C=O) groups is 1. The Kier molecular flexibility index (Phi) is 8.55. The van der Waals surface area contributed by atoms with Gasteiger partial charge in [-0.1, -0.05) is 6.07 Å². The zero-order valence-electron chi connectivity index (χ0n) is 14.1. The van der Waals surface area contributed by atoms with Gasteiger partial charge in [0.2, 0.25) is 5.91 Å². The molecule has 1 aromatic rings. The number of nitrogens with one attached hydrogen (secondary N) is 1. The van der Waals surface area contributed by atoms with E-state index in [1.165, 1.54) is 0 Å². The molecule has 0 unspecified atom stereocenters. The third-order valence-corrected chi connectivity index (χ3v) is 3.21. The summed E-state index contributed by atoms with van der Waals surface area (Å²) in [6.45, 7) is 2.10. The van der Waals surface area contributed by atoms with Crippen LogP contribution in [0.4, 0.5) is 0 Å². The third kappa shape index (κ3) is 7.52. The molecule has 0 aliphatic rings. The van der Waals surface area contributed by atoms with E-state index in [4.69, 9.17) is 14.7 Å². The van der Waals surface area contributed by atoms with Crippen LogP contribution in [0.15, 0.2) is 18.2 Å². The van der Waals surface area contributed by atoms with Crippen LogP contribution in [0.5, 0.6) is 11.5 Å². The van der Waals surface area contributed by atoms with Crippen LogP contribution in [0.1, 0.15) is 18.4 Å². The Labute approximate surface area is 138 Å². The number of hydrogen-bond donors (Lipinski definition) is 1. The highest BCUT2D eigenvalue weighted by atomic mass is 16.5. The zero-order chi connectivity index (χ0) is 17.1. The van der Waals surface area contributed by atoms with Gasteiger partial charge < -0.3 is 19.7 Å². The maximum Gasteiger partial charge on any atom is 0.234 e. The van der Waals surface area contributed by atoms with Gasteiger partial charge in [-0.3, -0.25) is 4.79 Å². The second kappa shape index (κ2) is 10.5. The number of amides is 1. The van der Waals surface area contributed by atoms with Crippen LogP contribution in [-0.4, -0.2) is 51.7 Å². The van der Waals surface area contributed by atoms with E-state index in [-0.39, 0.29) is 12.3 Å². The standard InChI is InChI=1S/C17H25N3O3/c1-20(2)11-4-12-23-15-6-5-14(13-16(15)22-3)8-10-19-17(21)7-9-18/h5-6,13H,4,7-8,10-12H2,1-3H3,(H,19,21). The smallest absolute Gasteiger partial charge is 0.234 e. The number of ether oxygens (including phenoxy) is 2. The summed E-state index contributed by atoms with van der Waals surface area (Å²) in [5, 5.41) is 11.1. The second-order valence-electron chi connectivity index (χ2n) is 5.43. The molecule has 126 valence electrons. The number of benzene rings is 1. The molecule has 6 heteroatoms. The molecule has 0 aliphatic heterocycles. The average Bonchev–Trinajstić information content (AvgIpc) is 2.52. The molecule has 1 rings (SSSR count). The van der Waals surface area contributed by atoms with Crippen LogP contribution >= 0.6 is 0 Å². The second-order valence-corrected chi connectivity index (χ2v) is 5.43. The van der Waals surface area contributed by atoms with Gasteiger partial charge in [0.1, 0.15) is 6.42 Å². The van der Waals surface area contributed by atoms with E-state index in [0.717, 1.165) is 24.3 Å². The predicted octanol–water partition coefficient (Wildman–Crippen LogP) is 1.60. The molecule has 23 heavy (non-hydrogen) atoms. The normalized spacial score (nSPS) is 10.2. The third-order valence-electron chi connectivity index (χ3n) is 3.21. The molecule has 0 heterocycles. The molecule has 0 fully saturated rings. The molecule has 6 nitrogen and oxygen atoms in total. The van der Waals surface area contributed by atoms with Crippen molar-refractivity contribution in [3.05, 3.63) is 23.8 Å². The zero-order valence-corrected chi connectivity index (χ0v) is 14.1. The van der Waals surface area contributed by atoms with Crippen LogP contribution in [0, 0.1) is 11.3 Å². The van der Waals surface area contributed by atoms with E-state index >= 15 is 0 Å². The highest BCUT2D eigenvalue weighted by molar-refractivity contribution is 5.77. The molecule has 0 saturated heterocycles. The van der Waals surface area contributed by atoms with Crippen molar-refractivity contribution in [1.82, 2.24) is 10.2 Å². The quantitative estimate of drug-likeness (QED) is 0.663. The summed E-state index contributed by atoms with van der Waals surface area (Å²) in [4.78, 5) is 13.3. The van der Waals surface area contributed by atoms with Crippen molar-refractivity contribution in [3.8, 4) is 17.6 Å². The highest BCUT2D eigenvalue weighted by Gasteiger charge is 2.07. The largest absolute Gasteiger partial charge is 0.493 e. The van der Waals surface area contributed by atoms with Gasteiger partial charge in [0, 0.05) is 13.1 Å². The lowest BCUT2D eigenvalue weighted by Crippen LogP contribution is -2.24. The first-order valence-electron chi connectivity index (χ1n) is 7.65. The molecule has 1 aromatic carbocycles. The van der Waals surface area contributed by atoms with Crippen LogP contribution < -0.4 is 14.8 Å². The first kappa shape index (κ1) is 18.8. The van der Waals surface area contributed by atoms with Gasteiger partial charge in [0.25, 0.3) is 0 Å². The summed E-state index contributed by atoms with van der Waals surface area (Å²) in [6.07, 6.45) is 1.51. The van der Waals surface area contributed by atoms with Crippen LogP contribution in [0.25, 0.3) is 0 Å². The fourth-order valence-corrected chi connectivity index (χ4v) is 2.03. The minimum atomic E-state index is -0.250. The van der Waals surface area contributed by atoms with E-state index in [1.54, 1.807) is 7.11 Å². The van der Waals surface area contributed by atoms with Crippen LogP contribution in [-0.2, 0) is 11.2 Å². The molecular weight excluding hydrogens is 294 g/mol. The van der Waals surface area contributed by atoms with E-state index in [0.29, 0.717) is 25.3 Å². The number of hydrogen-bond acceptors (Lipinski definition) is 5. The minimum Gasteiger partial charge on any atom is -0.493 e. The summed E-state index contributed by atoms with van der Waals surface area (Å²) in [5.74, 6) is 1.17. The minimum absolute atomic E-state index is 0.108. The van der Waals surface area contributed by atoms with Gasteiger partial charge in [0.05, 0.1) is 19.8 Å². The molecule has 1 amide bonds. The molecule has 0 aliphatic carbocycles. The molecule has 0 bridgehead atoms. The van der Waals surface area contributed by atoms with Crippen molar-refractivity contribution in [3.63, 3.8) is 0 Å². The van der Waals surface area contributed by atoms with E-state index in [1.807, 2.05) is 38.4 Å². The summed E-state index contributed by atoms with van der Waals surface area (Å²) < 4.78 is 11.1. The molecule has 0 saturated carbocycles. The van der Waals surface area contributed by atoms with Crippen molar-refractivity contribution in [2.75, 3.05) is 40.9 Å². The Balaban J connectivity index is 2.48. The summed E-state index contributed by atoms with van der Waals surface area (Å²) in [7, 11) is 5.68. The van der Waals surface area contributed by atoms with Crippen molar-refractivity contribution in [2.24, 2.45) is 0 Å². The lowest BCUT2D eigenvalue weighted by atomic mass is 10.1. The van der Waals surface area contributed by atoms with Crippen molar-refractivity contribution in [1.29, 1.82) is 5.26 Å². The van der Waals surface area contributed by atoms with Gasteiger partial charge in [-0.25, -0.2) is 0 Å². The topological polar surface area (TPSA) is 74.6 Å². The van der Waals surface area contributed by atoms with Gasteiger partial charge in [-0.2, -0.15) is 5.26 Å². The predicted molar refractivity (Wildman–Crippen MR) is 88.6 cm³/mol. The van der Waals surface area contributed by atoms with E-state index in [2.05, 4.69) is 10.2 Å². The molecular formula is C17H25N3O3. The Morgan fingerprint density at radius 1 is 1.35 bits per heavy atom. The highest BCUT2D eigenvalue weighted by Crippen LogP contribution is 2.28. The van der Waals surface area contributed by atoms with E-state index in [9.17, 15) is 4.79 Å². The van der Waals surface area contributed by atoms with Gasteiger partial charge in [-0.05, 0) is 44.6 Å². The van der Waals surface area contributed by atoms with Crippen LogP contribution in [0.3, 0.4) is 0 Å². The number of nitrogens with zero attached hydrogens (tertiary/aromatic N) is 2.